The van der Waals surface area contributed by atoms with Gasteiger partial charge >= 0.3 is 0 Å². The van der Waals surface area contributed by atoms with E-state index in [-0.39, 0.29) is 26.4 Å². The van der Waals surface area contributed by atoms with Gasteiger partial charge in [-0.15, -0.1) is 0 Å². The van der Waals surface area contributed by atoms with Crippen LogP contribution in [-0.2, 0) is 19.9 Å². The highest BCUT2D eigenvalue weighted by atomic mass is 79.9. The lowest BCUT2D eigenvalue weighted by atomic mass is 9.79. The summed E-state index contributed by atoms with van der Waals surface area (Å²) in [6.45, 7) is 3.46. The molecule has 0 aliphatic carbocycles. The number of benzene rings is 3. The van der Waals surface area contributed by atoms with Crippen LogP contribution in [0.3, 0.4) is 0 Å². The van der Waals surface area contributed by atoms with E-state index in [1.165, 1.54) is 18.2 Å². The van der Waals surface area contributed by atoms with Crippen LogP contribution in [0, 0.1) is 13.8 Å². The van der Waals surface area contributed by atoms with E-state index in [1.807, 2.05) is 0 Å². The van der Waals surface area contributed by atoms with Crippen molar-refractivity contribution >= 4 is 47.7 Å². The maximum atomic E-state index is 13.2. The molecule has 6 nitrogen and oxygen atoms in total. The maximum absolute atomic E-state index is 13.2. The van der Waals surface area contributed by atoms with Crippen molar-refractivity contribution in [1.29, 1.82) is 0 Å². The summed E-state index contributed by atoms with van der Waals surface area (Å²) in [6.07, 6.45) is 0. The molecule has 0 amide bonds. The monoisotopic (exact) mass is 553 g/mol. The first-order valence-electron chi connectivity index (χ1n) is 8.83. The molecule has 30 heavy (non-hydrogen) atoms. The second kappa shape index (κ2) is 6.98. The lowest BCUT2D eigenvalue weighted by molar-refractivity contribution is 0.179. The highest BCUT2D eigenvalue weighted by Crippen LogP contribution is 2.55. The van der Waals surface area contributed by atoms with Gasteiger partial charge in [0.15, 0.2) is 5.60 Å². The van der Waals surface area contributed by atoms with Gasteiger partial charge in [0, 0.05) is 11.3 Å². The van der Waals surface area contributed by atoms with Crippen molar-refractivity contribution in [1.82, 2.24) is 0 Å². The average molecular weight is 555 g/mol. The van der Waals surface area contributed by atoms with Gasteiger partial charge in [-0.05, 0) is 86.2 Å². The summed E-state index contributed by atoms with van der Waals surface area (Å²) in [5.41, 5.74) is 7.08. The van der Waals surface area contributed by atoms with Crippen molar-refractivity contribution in [3.8, 4) is 11.5 Å². The molecule has 0 fully saturated rings. The van der Waals surface area contributed by atoms with E-state index >= 15 is 0 Å². The lowest BCUT2D eigenvalue weighted by Gasteiger charge is -2.30. The molecular weight excluding hydrogens is 538 g/mol. The molecule has 0 aromatic heterocycles. The summed E-state index contributed by atoms with van der Waals surface area (Å²) in [7, 11) is -4.22. The Kier molecular flexibility index (Phi) is 4.93. The largest absolute Gasteiger partial charge is 0.508 e. The van der Waals surface area contributed by atoms with Crippen LogP contribution in [0.2, 0.25) is 0 Å². The number of hydrogen-bond acceptors (Lipinski definition) is 6. The van der Waals surface area contributed by atoms with E-state index in [0.29, 0.717) is 32.4 Å². The van der Waals surface area contributed by atoms with Crippen molar-refractivity contribution in [2.75, 3.05) is 5.73 Å². The summed E-state index contributed by atoms with van der Waals surface area (Å²) in [5, 5.41) is 20.7. The number of halogens is 2. The number of phenolic OH excluding ortho intramolecular Hbond substituents is 2. The van der Waals surface area contributed by atoms with Gasteiger partial charge in [-0.1, -0.05) is 24.3 Å². The fraction of sp³-hybridized carbons (Fsp3) is 0.143. The number of phenols is 2. The average Bonchev–Trinajstić information content (AvgIpc) is 2.92. The molecule has 1 aliphatic heterocycles. The normalized spacial score (nSPS) is 16.4. The maximum Gasteiger partial charge on any atom is 0.300 e. The molecule has 0 spiro atoms. The first kappa shape index (κ1) is 21.2. The summed E-state index contributed by atoms with van der Waals surface area (Å²) in [6, 6.07) is 11.2. The number of rotatable bonds is 2. The molecule has 1 heterocycles. The first-order chi connectivity index (χ1) is 14.0. The summed E-state index contributed by atoms with van der Waals surface area (Å²) >= 11 is 6.63. The topological polar surface area (TPSA) is 110 Å². The molecule has 0 saturated heterocycles. The second-order valence-electron chi connectivity index (χ2n) is 7.19. The molecule has 0 unspecified atom stereocenters. The van der Waals surface area contributed by atoms with Gasteiger partial charge in [-0.25, -0.2) is 4.18 Å². The van der Waals surface area contributed by atoms with Gasteiger partial charge in [0.1, 0.15) is 16.4 Å². The fourth-order valence-corrected chi connectivity index (χ4v) is 6.59. The zero-order valence-corrected chi connectivity index (χ0v) is 19.9. The molecule has 4 rings (SSSR count). The molecular formula is C21H17Br2NO5S. The van der Waals surface area contributed by atoms with Crippen molar-refractivity contribution in [2.24, 2.45) is 0 Å². The predicted octanol–water partition coefficient (Wildman–Crippen LogP) is 4.83. The Morgan fingerprint density at radius 3 is 1.87 bits per heavy atom. The molecule has 3 aromatic rings. The van der Waals surface area contributed by atoms with E-state index in [0.717, 1.165) is 0 Å². The van der Waals surface area contributed by atoms with Crippen molar-refractivity contribution in [2.45, 2.75) is 24.3 Å². The van der Waals surface area contributed by atoms with E-state index in [1.54, 1.807) is 38.1 Å². The zero-order chi connectivity index (χ0) is 22.0. The third-order valence-corrected chi connectivity index (χ3v) is 9.12. The summed E-state index contributed by atoms with van der Waals surface area (Å²) < 4.78 is 32.8. The van der Waals surface area contributed by atoms with E-state index in [4.69, 9.17) is 9.92 Å². The van der Waals surface area contributed by atoms with E-state index < -0.39 is 15.7 Å². The van der Waals surface area contributed by atoms with E-state index in [2.05, 4.69) is 31.9 Å². The van der Waals surface area contributed by atoms with Gasteiger partial charge in [0.2, 0.25) is 0 Å². The molecule has 9 heteroatoms. The molecule has 0 saturated carbocycles. The van der Waals surface area contributed by atoms with Gasteiger partial charge in [0.05, 0.1) is 8.95 Å². The van der Waals surface area contributed by atoms with Gasteiger partial charge in [0.25, 0.3) is 10.1 Å². The van der Waals surface area contributed by atoms with Crippen LogP contribution < -0.4 is 5.73 Å². The lowest BCUT2D eigenvalue weighted by Crippen LogP contribution is -2.29. The highest BCUT2D eigenvalue weighted by Gasteiger charge is 2.53. The van der Waals surface area contributed by atoms with Crippen LogP contribution in [0.5, 0.6) is 11.5 Å². The van der Waals surface area contributed by atoms with Gasteiger partial charge in [-0.3, -0.25) is 0 Å². The quantitative estimate of drug-likeness (QED) is 0.309. The molecule has 3 aromatic carbocycles. The Labute approximate surface area is 190 Å². The minimum absolute atomic E-state index is 0.0122. The molecule has 1 aliphatic rings. The Morgan fingerprint density at radius 2 is 1.40 bits per heavy atom. The third kappa shape index (κ3) is 2.95. The first-order valence-corrected chi connectivity index (χ1v) is 11.8. The Hall–Kier alpha value is -2.07. The van der Waals surface area contributed by atoms with Crippen LogP contribution in [0.25, 0.3) is 0 Å². The predicted molar refractivity (Wildman–Crippen MR) is 120 cm³/mol. The number of hydrogen-bond donors (Lipinski definition) is 3. The standard InChI is InChI=1S/C21H17Br2NO5S/c1-10-3-5-12(7-16(10)25)21(13-6-4-11(2)17(26)8-13)14-9-15(24)18(22)19(23)20(14)30(27,28)29-21/h3-9,25-26H,24H2,1-2H3. The highest BCUT2D eigenvalue weighted by molar-refractivity contribution is 9.13. The number of anilines is 1. The second-order valence-corrected chi connectivity index (χ2v) is 10.3. The smallest absolute Gasteiger partial charge is 0.300 e. The zero-order valence-electron chi connectivity index (χ0n) is 15.9. The van der Waals surface area contributed by atoms with Crippen molar-refractivity contribution in [3.05, 3.63) is 79.2 Å². The minimum Gasteiger partial charge on any atom is -0.508 e. The molecule has 0 radical (unpaired) electrons. The number of fused-ring (bicyclic) bond motifs is 1. The SMILES string of the molecule is Cc1ccc(C2(c3ccc(C)c(O)c3)OS(=O)(=O)c3c2cc(N)c(Br)c3Br)cc1O. The van der Waals surface area contributed by atoms with Crippen LogP contribution >= 0.6 is 31.9 Å². The van der Waals surface area contributed by atoms with Gasteiger partial charge < -0.3 is 15.9 Å². The Morgan fingerprint density at radius 1 is 0.900 bits per heavy atom. The molecule has 156 valence electrons. The summed E-state index contributed by atoms with van der Waals surface area (Å²) in [5.74, 6) is -0.0244. The van der Waals surface area contributed by atoms with Gasteiger partial charge in [-0.2, -0.15) is 8.42 Å². The Balaban J connectivity index is 2.19. The number of aryl methyl sites for hydroxylation is 2. The van der Waals surface area contributed by atoms with Crippen LogP contribution in [0.1, 0.15) is 27.8 Å². The van der Waals surface area contributed by atoms with Crippen LogP contribution in [-0.4, -0.2) is 18.6 Å². The van der Waals surface area contributed by atoms with Crippen LogP contribution in [0.4, 0.5) is 5.69 Å². The van der Waals surface area contributed by atoms with Crippen molar-refractivity contribution in [3.63, 3.8) is 0 Å². The fourth-order valence-electron chi connectivity index (χ4n) is 3.62. The Bertz CT molecular complexity index is 1270. The molecule has 0 atom stereocenters. The number of nitrogen functional groups attached to an aromatic ring is 1. The summed E-state index contributed by atoms with van der Waals surface area (Å²) in [4.78, 5) is -0.0660. The third-order valence-electron chi connectivity index (χ3n) is 5.29. The number of nitrogens with two attached hydrogens (primary N) is 1. The van der Waals surface area contributed by atoms with Crippen LogP contribution in [0.15, 0.2) is 56.3 Å². The van der Waals surface area contributed by atoms with Crippen molar-refractivity contribution < 1.29 is 22.8 Å². The molecule has 4 N–H and O–H groups in total. The minimum atomic E-state index is -4.22. The van der Waals surface area contributed by atoms with E-state index in [9.17, 15) is 18.6 Å². The number of aromatic hydroxyl groups is 2. The molecule has 0 bridgehead atoms.